The van der Waals surface area contributed by atoms with Gasteiger partial charge in [0.05, 0.1) is 27.8 Å². The average Bonchev–Trinajstić information content (AvgIpc) is 2.84. The van der Waals surface area contributed by atoms with E-state index in [-0.39, 0.29) is 16.7 Å². The Kier molecular flexibility index (Phi) is 7.77. The molecule has 0 spiro atoms. The van der Waals surface area contributed by atoms with Gasteiger partial charge in [-0.3, -0.25) is 24.0 Å². The van der Waals surface area contributed by atoms with Crippen LogP contribution in [0.3, 0.4) is 0 Å². The summed E-state index contributed by atoms with van der Waals surface area (Å²) in [4.78, 5) is 36.4. The van der Waals surface area contributed by atoms with Crippen molar-refractivity contribution in [2.24, 2.45) is 4.99 Å². The normalized spacial score (nSPS) is 24.9. The zero-order valence-electron chi connectivity index (χ0n) is 21.5. The number of hydrogen-bond acceptors (Lipinski definition) is 7. The number of nitrogens with zero attached hydrogens (tertiary/aromatic N) is 3. The number of rotatable bonds is 5. The monoisotopic (exact) mass is 626 g/mol. The fourth-order valence-electron chi connectivity index (χ4n) is 4.86. The van der Waals surface area contributed by atoms with E-state index < -0.39 is 86.1 Å². The van der Waals surface area contributed by atoms with Crippen molar-refractivity contribution in [3.63, 3.8) is 0 Å². The minimum absolute atomic E-state index is 0.323. The lowest BCUT2D eigenvalue weighted by molar-refractivity contribution is -0.0500. The molecule has 4 rings (SSSR count). The summed E-state index contributed by atoms with van der Waals surface area (Å²) in [5, 5.41) is 11.8. The Morgan fingerprint density at radius 2 is 1.93 bits per heavy atom. The van der Waals surface area contributed by atoms with Crippen LogP contribution in [0.4, 0.5) is 32.6 Å². The molecule has 0 bridgehead atoms. The first-order valence-corrected chi connectivity index (χ1v) is 14.0. The first-order chi connectivity index (χ1) is 18.9. The Hall–Kier alpha value is -3.44. The Bertz CT molecular complexity index is 1490. The van der Waals surface area contributed by atoms with Crippen LogP contribution >= 0.6 is 11.6 Å². The largest absolute Gasteiger partial charge is 0.465 e. The number of alkyl halides is 4. The van der Waals surface area contributed by atoms with Gasteiger partial charge >= 0.3 is 12.7 Å². The van der Waals surface area contributed by atoms with Crippen LogP contribution in [0.5, 0.6) is 5.75 Å². The number of carbonyl (C=O) groups excluding carboxylic acids is 1. The lowest BCUT2D eigenvalue weighted by Gasteiger charge is -2.57. The molecule has 0 saturated carbocycles. The van der Waals surface area contributed by atoms with Crippen molar-refractivity contribution >= 4 is 45.4 Å². The fraction of sp³-hybridized carbons (Fsp3) is 0.435. The molecule has 1 fully saturated rings. The molecule has 224 valence electrons. The molecule has 2 aliphatic heterocycles. The minimum atomic E-state index is -4.01. The van der Waals surface area contributed by atoms with E-state index in [9.17, 15) is 36.5 Å². The highest BCUT2D eigenvalue weighted by Gasteiger charge is 2.62. The molecule has 11 nitrogen and oxygen atoms in total. The van der Waals surface area contributed by atoms with Gasteiger partial charge < -0.3 is 15.2 Å². The van der Waals surface area contributed by atoms with E-state index in [0.717, 1.165) is 24.4 Å². The van der Waals surface area contributed by atoms with Gasteiger partial charge in [-0.25, -0.2) is 27.9 Å². The van der Waals surface area contributed by atoms with E-state index >= 15 is 4.39 Å². The van der Waals surface area contributed by atoms with Crippen LogP contribution in [-0.2, 0) is 15.7 Å². The molecular weight excluding hydrogens is 603 g/mol. The van der Waals surface area contributed by atoms with Gasteiger partial charge in [0.1, 0.15) is 40.1 Å². The molecule has 2 aromatic rings. The molecule has 1 saturated heterocycles. The maximum Gasteiger partial charge on any atom is 0.410 e. The number of aliphatic imine (C=N–C) groups is 1. The van der Waals surface area contributed by atoms with Crippen LogP contribution < -0.4 is 20.1 Å². The van der Waals surface area contributed by atoms with Crippen molar-refractivity contribution in [1.29, 1.82) is 0 Å². The molecule has 4 heterocycles. The van der Waals surface area contributed by atoms with Gasteiger partial charge in [0, 0.05) is 12.5 Å². The van der Waals surface area contributed by atoms with E-state index in [1.807, 2.05) is 0 Å². The maximum atomic E-state index is 15.3. The minimum Gasteiger partial charge on any atom is -0.465 e. The van der Waals surface area contributed by atoms with Crippen molar-refractivity contribution in [2.75, 3.05) is 11.9 Å². The van der Waals surface area contributed by atoms with Crippen LogP contribution in [0, 0.1) is 5.82 Å². The van der Waals surface area contributed by atoms with Crippen LogP contribution in [0.15, 0.2) is 29.4 Å². The number of carbonyl (C=O) groups is 2. The number of hydrogen-bond donors (Lipinski definition) is 5. The number of nitrogens with one attached hydrogen (secondary N) is 3. The third-order valence-corrected chi connectivity index (χ3v) is 11.3. The molecule has 0 unspecified atom stereocenters. The molecule has 18 heteroatoms. The molecule has 4 N–H and O–H groups in total. The van der Waals surface area contributed by atoms with Gasteiger partial charge in [-0.05, 0) is 43.0 Å². The second kappa shape index (κ2) is 10.4. The van der Waals surface area contributed by atoms with Crippen molar-refractivity contribution in [3.8, 4) is 5.75 Å². The van der Waals surface area contributed by atoms with Gasteiger partial charge in [-0.2, -0.15) is 8.78 Å². The summed E-state index contributed by atoms with van der Waals surface area (Å²) in [5.41, 5.74) is -3.13. The summed E-state index contributed by atoms with van der Waals surface area (Å²) < 4.78 is 88.9. The number of halogens is 6. The zero-order valence-corrected chi connectivity index (χ0v) is 23.2. The van der Waals surface area contributed by atoms with Crippen molar-refractivity contribution in [2.45, 2.75) is 55.3 Å². The number of anilines is 1. The summed E-state index contributed by atoms with van der Waals surface area (Å²) in [6.45, 7) is -0.171. The lowest BCUT2D eigenvalue weighted by atomic mass is 9.88. The Labute approximate surface area is 235 Å². The number of aromatic nitrogens is 2. The summed E-state index contributed by atoms with van der Waals surface area (Å²) in [7, 11) is -4.01. The molecule has 41 heavy (non-hydrogen) atoms. The maximum absolute atomic E-state index is 15.3. The number of carboxylic acid groups (broad SMARTS) is 1. The SMILES string of the molecule is CC1(C)C(NC(=O)O)=N[C@](C)(c2nc(NC(=O)c3ncc(OC(F)F)cc3Cl)ccc2F)[C@H]2CC(F)(F)CN[SH]21=O. The zero-order chi connectivity index (χ0) is 30.5. The van der Waals surface area contributed by atoms with Crippen molar-refractivity contribution in [1.82, 2.24) is 20.0 Å². The number of thiol groups is 1. The molecule has 0 radical (unpaired) electrons. The van der Waals surface area contributed by atoms with Gasteiger partial charge in [-0.15, -0.1) is 0 Å². The number of amides is 2. The third kappa shape index (κ3) is 5.57. The first kappa shape index (κ1) is 30.5. The molecule has 2 amide bonds. The van der Waals surface area contributed by atoms with Crippen LogP contribution in [-0.4, -0.2) is 66.2 Å². The summed E-state index contributed by atoms with van der Waals surface area (Å²) in [6, 6.07) is 2.81. The van der Waals surface area contributed by atoms with Crippen LogP contribution in [0.1, 0.15) is 43.4 Å². The fourth-order valence-corrected chi connectivity index (χ4v) is 8.79. The van der Waals surface area contributed by atoms with E-state index in [1.165, 1.54) is 20.8 Å². The highest BCUT2D eigenvalue weighted by atomic mass is 35.5. The first-order valence-electron chi connectivity index (χ1n) is 11.8. The number of ether oxygens (including phenoxy) is 1. The Morgan fingerprint density at radius 3 is 2.54 bits per heavy atom. The predicted octanol–water partition coefficient (Wildman–Crippen LogP) is 3.73. The van der Waals surface area contributed by atoms with Crippen LogP contribution in [0.25, 0.3) is 0 Å². The smallest absolute Gasteiger partial charge is 0.410 e. The quantitative estimate of drug-likeness (QED) is 0.250. The number of pyridine rings is 2. The topological polar surface area (TPSA) is 155 Å². The van der Waals surface area contributed by atoms with Gasteiger partial charge in [0.25, 0.3) is 11.8 Å². The second-order valence-corrected chi connectivity index (χ2v) is 13.8. The summed E-state index contributed by atoms with van der Waals surface area (Å²) in [6.07, 6.45) is -1.73. The molecule has 0 aliphatic carbocycles. The van der Waals surface area contributed by atoms with Crippen molar-refractivity contribution in [3.05, 3.63) is 46.6 Å². The number of fused-ring (bicyclic) bond motifs is 1. The van der Waals surface area contributed by atoms with E-state index in [4.69, 9.17) is 11.6 Å². The van der Waals surface area contributed by atoms with E-state index in [2.05, 4.69) is 35.1 Å². The molecule has 2 atom stereocenters. The highest BCUT2D eigenvalue weighted by molar-refractivity contribution is 8.04. The number of amidine groups is 1. The average molecular weight is 627 g/mol. The van der Waals surface area contributed by atoms with E-state index in [0.29, 0.717) is 0 Å². The lowest BCUT2D eigenvalue weighted by Crippen LogP contribution is -2.73. The molecule has 0 aromatic carbocycles. The molecular formula is C23H24ClF5N6O5S. The summed E-state index contributed by atoms with van der Waals surface area (Å²) >= 11 is 5.97. The second-order valence-electron chi connectivity index (χ2n) is 10.0. The van der Waals surface area contributed by atoms with Crippen molar-refractivity contribution < 1.29 is 45.6 Å². The van der Waals surface area contributed by atoms with Gasteiger partial charge in [0.15, 0.2) is 0 Å². The van der Waals surface area contributed by atoms with E-state index in [1.54, 1.807) is 0 Å². The van der Waals surface area contributed by atoms with Gasteiger partial charge in [0.2, 0.25) is 0 Å². The third-order valence-electron chi connectivity index (χ3n) is 6.96. The summed E-state index contributed by atoms with van der Waals surface area (Å²) in [5.74, 6) is -6.52. The predicted molar refractivity (Wildman–Crippen MR) is 139 cm³/mol. The Balaban J connectivity index is 1.78. The Morgan fingerprint density at radius 1 is 1.24 bits per heavy atom. The standard InChI is InChI=1S/C23H24ClF5N6O5S/c1-21(2)18(34-20(37)38)35-22(3,13-7-23(28,29)9-31-41(13,21)39)16-12(25)4-5-14(32-16)33-17(36)15-11(24)6-10(8-30-15)40-19(26)27/h4-6,8,13,19,41H,7,9H2,1-3H3,(H,31,39)(H,34,35)(H,37,38)(H,32,33,36)/t13-,22+/m1/s1. The molecule has 2 aromatic heterocycles. The van der Waals surface area contributed by atoms with Gasteiger partial charge in [-0.1, -0.05) is 11.6 Å². The highest BCUT2D eigenvalue weighted by Crippen LogP contribution is 2.50. The van der Waals surface area contributed by atoms with Crippen LogP contribution in [0.2, 0.25) is 5.02 Å². The molecule has 2 aliphatic rings.